The molecule has 0 amide bonds. The SMILES string of the molecule is CCCCCCC/C=C/CC(CC)CCCCCCC. The summed E-state index contributed by atoms with van der Waals surface area (Å²) in [6, 6.07) is 0. The van der Waals surface area contributed by atoms with Crippen molar-refractivity contribution < 1.29 is 0 Å². The van der Waals surface area contributed by atoms with Crippen molar-refractivity contribution >= 4 is 0 Å². The highest BCUT2D eigenvalue weighted by atomic mass is 14.1. The normalized spacial score (nSPS) is 13.2. The average Bonchev–Trinajstić information content (AvgIpc) is 2.47. The van der Waals surface area contributed by atoms with Crippen LogP contribution in [-0.2, 0) is 0 Å². The van der Waals surface area contributed by atoms with Crippen LogP contribution in [0.3, 0.4) is 0 Å². The van der Waals surface area contributed by atoms with Crippen LogP contribution in [0.5, 0.6) is 0 Å². The standard InChI is InChI=1S/C20H40/c1-4-7-9-11-12-13-15-17-19-20(6-3)18-16-14-10-8-5-2/h15,17,20H,4-14,16,18-19H2,1-3H3/b17-15+. The summed E-state index contributed by atoms with van der Waals surface area (Å²) < 4.78 is 0. The summed E-state index contributed by atoms with van der Waals surface area (Å²) in [6.45, 7) is 6.93. The molecule has 0 aliphatic rings. The van der Waals surface area contributed by atoms with Crippen LogP contribution in [0.15, 0.2) is 12.2 Å². The molecule has 0 bridgehead atoms. The molecule has 0 spiro atoms. The predicted molar refractivity (Wildman–Crippen MR) is 94.3 cm³/mol. The van der Waals surface area contributed by atoms with Crippen LogP contribution < -0.4 is 0 Å². The van der Waals surface area contributed by atoms with Crippen LogP contribution in [-0.4, -0.2) is 0 Å². The maximum atomic E-state index is 2.46. The first-order chi connectivity index (χ1) is 9.85. The molecule has 0 saturated heterocycles. The third-order valence-corrected chi connectivity index (χ3v) is 4.40. The molecule has 1 unspecified atom stereocenters. The van der Waals surface area contributed by atoms with Crippen LogP contribution in [0, 0.1) is 5.92 Å². The van der Waals surface area contributed by atoms with E-state index >= 15 is 0 Å². The zero-order valence-corrected chi connectivity index (χ0v) is 14.6. The molecule has 0 fully saturated rings. The molecule has 120 valence electrons. The van der Waals surface area contributed by atoms with Crippen molar-refractivity contribution in [1.82, 2.24) is 0 Å². The van der Waals surface area contributed by atoms with E-state index in [1.807, 2.05) is 0 Å². The van der Waals surface area contributed by atoms with Gasteiger partial charge < -0.3 is 0 Å². The van der Waals surface area contributed by atoms with Crippen LogP contribution in [0.25, 0.3) is 0 Å². The lowest BCUT2D eigenvalue weighted by atomic mass is 9.94. The summed E-state index contributed by atoms with van der Waals surface area (Å²) in [5.41, 5.74) is 0. The van der Waals surface area contributed by atoms with E-state index in [9.17, 15) is 0 Å². The second kappa shape index (κ2) is 16.8. The highest BCUT2D eigenvalue weighted by molar-refractivity contribution is 4.83. The van der Waals surface area contributed by atoms with Gasteiger partial charge in [0, 0.05) is 0 Å². The maximum absolute atomic E-state index is 2.46. The Hall–Kier alpha value is -0.260. The smallest absolute Gasteiger partial charge is 0.0322 e. The molecule has 0 aliphatic heterocycles. The van der Waals surface area contributed by atoms with Crippen molar-refractivity contribution in [2.24, 2.45) is 5.92 Å². The van der Waals surface area contributed by atoms with Gasteiger partial charge in [0.1, 0.15) is 0 Å². The fourth-order valence-corrected chi connectivity index (χ4v) is 2.80. The Labute approximate surface area is 129 Å². The first kappa shape index (κ1) is 19.7. The zero-order chi connectivity index (χ0) is 14.9. The van der Waals surface area contributed by atoms with Crippen LogP contribution in [0.2, 0.25) is 0 Å². The van der Waals surface area contributed by atoms with E-state index in [-0.39, 0.29) is 0 Å². The van der Waals surface area contributed by atoms with E-state index in [1.54, 1.807) is 0 Å². The number of hydrogen-bond acceptors (Lipinski definition) is 0. The molecule has 1 atom stereocenters. The highest BCUT2D eigenvalue weighted by Crippen LogP contribution is 2.19. The van der Waals surface area contributed by atoms with E-state index in [0.717, 1.165) is 5.92 Å². The van der Waals surface area contributed by atoms with Crippen molar-refractivity contribution in [2.75, 3.05) is 0 Å². The first-order valence-electron chi connectivity index (χ1n) is 9.50. The van der Waals surface area contributed by atoms with Gasteiger partial charge in [-0.2, -0.15) is 0 Å². The minimum absolute atomic E-state index is 0.938. The minimum Gasteiger partial charge on any atom is -0.0885 e. The van der Waals surface area contributed by atoms with Gasteiger partial charge in [-0.1, -0.05) is 104 Å². The molecule has 0 saturated carbocycles. The summed E-state index contributed by atoms with van der Waals surface area (Å²) in [4.78, 5) is 0. The summed E-state index contributed by atoms with van der Waals surface area (Å²) in [5.74, 6) is 0.938. The molecule has 0 aromatic rings. The van der Waals surface area contributed by atoms with Gasteiger partial charge in [0.15, 0.2) is 0 Å². The molecule has 0 rings (SSSR count). The molecular formula is C20H40. The van der Waals surface area contributed by atoms with Crippen molar-refractivity contribution in [2.45, 2.75) is 111 Å². The van der Waals surface area contributed by atoms with E-state index in [1.165, 1.54) is 89.9 Å². The number of unbranched alkanes of at least 4 members (excludes halogenated alkanes) is 9. The molecule has 0 aliphatic carbocycles. The van der Waals surface area contributed by atoms with Crippen LogP contribution >= 0.6 is 0 Å². The monoisotopic (exact) mass is 280 g/mol. The average molecular weight is 281 g/mol. The predicted octanol–water partition coefficient (Wildman–Crippen LogP) is 7.68. The summed E-state index contributed by atoms with van der Waals surface area (Å²) >= 11 is 0. The molecular weight excluding hydrogens is 240 g/mol. The zero-order valence-electron chi connectivity index (χ0n) is 14.6. The fraction of sp³-hybridized carbons (Fsp3) is 0.900. The molecule has 20 heavy (non-hydrogen) atoms. The molecule has 0 aromatic heterocycles. The van der Waals surface area contributed by atoms with Crippen LogP contribution in [0.4, 0.5) is 0 Å². The van der Waals surface area contributed by atoms with Crippen molar-refractivity contribution in [3.05, 3.63) is 12.2 Å². The second-order valence-corrected chi connectivity index (χ2v) is 6.39. The molecule has 0 heteroatoms. The van der Waals surface area contributed by atoms with Gasteiger partial charge in [0.05, 0.1) is 0 Å². The second-order valence-electron chi connectivity index (χ2n) is 6.39. The van der Waals surface area contributed by atoms with Gasteiger partial charge in [0.25, 0.3) is 0 Å². The summed E-state index contributed by atoms with van der Waals surface area (Å²) in [5, 5.41) is 0. The molecule has 0 heterocycles. The lowest BCUT2D eigenvalue weighted by Crippen LogP contribution is -1.97. The van der Waals surface area contributed by atoms with Gasteiger partial charge in [0.2, 0.25) is 0 Å². The fourth-order valence-electron chi connectivity index (χ4n) is 2.80. The Morgan fingerprint density at radius 2 is 1.25 bits per heavy atom. The Balaban J connectivity index is 3.43. The van der Waals surface area contributed by atoms with E-state index in [2.05, 4.69) is 32.9 Å². The van der Waals surface area contributed by atoms with Gasteiger partial charge in [-0.05, 0) is 25.2 Å². The Morgan fingerprint density at radius 1 is 0.650 bits per heavy atom. The van der Waals surface area contributed by atoms with Crippen molar-refractivity contribution in [3.8, 4) is 0 Å². The summed E-state index contributed by atoms with van der Waals surface area (Å²) in [6.07, 6.45) is 24.5. The van der Waals surface area contributed by atoms with Gasteiger partial charge in [-0.15, -0.1) is 0 Å². The lowest BCUT2D eigenvalue weighted by molar-refractivity contribution is 0.443. The minimum atomic E-state index is 0.938. The van der Waals surface area contributed by atoms with Crippen LogP contribution in [0.1, 0.15) is 111 Å². The highest BCUT2D eigenvalue weighted by Gasteiger charge is 2.03. The lowest BCUT2D eigenvalue weighted by Gasteiger charge is -2.12. The molecule has 0 aromatic carbocycles. The van der Waals surface area contributed by atoms with Crippen molar-refractivity contribution in [3.63, 3.8) is 0 Å². The Kier molecular flexibility index (Phi) is 16.6. The first-order valence-corrected chi connectivity index (χ1v) is 9.50. The van der Waals surface area contributed by atoms with Gasteiger partial charge >= 0.3 is 0 Å². The molecule has 0 radical (unpaired) electrons. The Morgan fingerprint density at radius 3 is 1.85 bits per heavy atom. The van der Waals surface area contributed by atoms with E-state index in [0.29, 0.717) is 0 Å². The molecule has 0 N–H and O–H groups in total. The Bertz CT molecular complexity index is 192. The third kappa shape index (κ3) is 14.2. The van der Waals surface area contributed by atoms with Gasteiger partial charge in [-0.3, -0.25) is 0 Å². The van der Waals surface area contributed by atoms with E-state index in [4.69, 9.17) is 0 Å². The van der Waals surface area contributed by atoms with Crippen molar-refractivity contribution in [1.29, 1.82) is 0 Å². The summed E-state index contributed by atoms with van der Waals surface area (Å²) in [7, 11) is 0. The number of hydrogen-bond donors (Lipinski definition) is 0. The third-order valence-electron chi connectivity index (χ3n) is 4.40. The molecule has 0 nitrogen and oxygen atoms in total. The maximum Gasteiger partial charge on any atom is -0.0322 e. The number of rotatable bonds is 15. The van der Waals surface area contributed by atoms with Gasteiger partial charge in [-0.25, -0.2) is 0 Å². The quantitative estimate of drug-likeness (QED) is 0.213. The number of allylic oxidation sites excluding steroid dienone is 2. The largest absolute Gasteiger partial charge is 0.0885 e. The topological polar surface area (TPSA) is 0 Å². The van der Waals surface area contributed by atoms with E-state index < -0.39 is 0 Å².